The van der Waals surface area contributed by atoms with Gasteiger partial charge in [-0.05, 0) is 24.4 Å². The monoisotopic (exact) mass is 318 g/mol. The quantitative estimate of drug-likeness (QED) is 0.472. The number of para-hydroxylation sites is 1. The van der Waals surface area contributed by atoms with Crippen molar-refractivity contribution in [3.8, 4) is 5.75 Å². The number of ether oxygens (including phenoxy) is 1. The lowest BCUT2D eigenvalue weighted by atomic mass is 10.3. The van der Waals surface area contributed by atoms with E-state index in [0.717, 1.165) is 14.0 Å². The molecule has 0 fully saturated rings. The first-order valence-electron chi connectivity index (χ1n) is 5.21. The Kier molecular flexibility index (Phi) is 5.05. The Hall–Kier alpha value is -0.560. The Labute approximate surface area is 124 Å². The van der Waals surface area contributed by atoms with Crippen LogP contribution >= 0.6 is 46.9 Å². The summed E-state index contributed by atoms with van der Waals surface area (Å²) in [6.45, 7) is 0.588. The Balaban J connectivity index is 1.80. The van der Waals surface area contributed by atoms with Crippen LogP contribution in [0.2, 0.25) is 5.02 Å². The lowest BCUT2D eigenvalue weighted by Crippen LogP contribution is -2.00. The van der Waals surface area contributed by atoms with E-state index in [4.69, 9.17) is 28.6 Å². The molecule has 0 aliphatic heterocycles. The molecule has 0 aliphatic carbocycles. The Morgan fingerprint density at radius 3 is 2.94 bits per heavy atom. The van der Waals surface area contributed by atoms with Crippen LogP contribution < -0.4 is 4.74 Å². The largest absolute Gasteiger partial charge is 0.491 e. The van der Waals surface area contributed by atoms with Crippen LogP contribution in [0, 0.1) is 3.95 Å². The molecule has 1 heterocycles. The van der Waals surface area contributed by atoms with Gasteiger partial charge in [-0.3, -0.25) is 0 Å². The van der Waals surface area contributed by atoms with E-state index in [1.54, 1.807) is 16.4 Å². The predicted octanol–water partition coefficient (Wildman–Crippen LogP) is 4.04. The predicted molar refractivity (Wildman–Crippen MR) is 79.6 cm³/mol. The van der Waals surface area contributed by atoms with Crippen molar-refractivity contribution in [2.75, 3.05) is 12.4 Å². The highest BCUT2D eigenvalue weighted by molar-refractivity contribution is 8.01. The molecule has 0 bridgehead atoms. The summed E-state index contributed by atoms with van der Waals surface area (Å²) < 4.78 is 9.04. The fourth-order valence-electron chi connectivity index (χ4n) is 1.23. The van der Waals surface area contributed by atoms with E-state index in [2.05, 4.69) is 5.10 Å². The van der Waals surface area contributed by atoms with Gasteiger partial charge < -0.3 is 4.74 Å². The molecular weight excluding hydrogens is 308 g/mol. The summed E-state index contributed by atoms with van der Waals surface area (Å²) in [6, 6.07) is 7.45. The zero-order valence-electron chi connectivity index (χ0n) is 9.63. The van der Waals surface area contributed by atoms with Gasteiger partial charge in [0.2, 0.25) is 0 Å². The molecule has 0 atom stereocenters. The molecule has 0 saturated carbocycles. The van der Waals surface area contributed by atoms with Crippen LogP contribution in [0.1, 0.15) is 0 Å². The van der Waals surface area contributed by atoms with Crippen LogP contribution in [-0.2, 0) is 7.05 Å². The minimum absolute atomic E-state index is 0.588. The molecule has 0 aliphatic rings. The molecule has 0 spiro atoms. The molecule has 1 aromatic heterocycles. The van der Waals surface area contributed by atoms with Crippen molar-refractivity contribution >= 4 is 46.9 Å². The smallest absolute Gasteiger partial charge is 0.179 e. The summed E-state index contributed by atoms with van der Waals surface area (Å²) >= 11 is 14.2. The summed E-state index contributed by atoms with van der Waals surface area (Å²) in [4.78, 5) is 0. The number of halogens is 1. The fraction of sp³-hybridized carbons (Fsp3) is 0.273. The van der Waals surface area contributed by atoms with Gasteiger partial charge in [-0.1, -0.05) is 46.8 Å². The standard InChI is InChI=1S/C11H11ClN2OS3/c1-14-11(16)18-10(13-14)17-7-6-15-9-5-3-2-4-8(9)12/h2-5H,6-7H2,1H3. The summed E-state index contributed by atoms with van der Waals surface area (Å²) in [7, 11) is 1.85. The van der Waals surface area contributed by atoms with Gasteiger partial charge in [-0.25, -0.2) is 4.68 Å². The van der Waals surface area contributed by atoms with Gasteiger partial charge in [0.1, 0.15) is 5.75 Å². The number of aryl methyl sites for hydroxylation is 1. The minimum atomic E-state index is 0.588. The van der Waals surface area contributed by atoms with Crippen molar-refractivity contribution in [3.05, 3.63) is 33.2 Å². The third kappa shape index (κ3) is 3.71. The zero-order chi connectivity index (χ0) is 13.0. The van der Waals surface area contributed by atoms with E-state index < -0.39 is 0 Å². The Morgan fingerprint density at radius 1 is 1.50 bits per heavy atom. The number of hydrogen-bond donors (Lipinski definition) is 0. The van der Waals surface area contributed by atoms with Gasteiger partial charge in [0.15, 0.2) is 8.29 Å². The Bertz CT molecular complexity index is 582. The number of benzene rings is 1. The summed E-state index contributed by atoms with van der Waals surface area (Å²) in [6.07, 6.45) is 0. The maximum atomic E-state index is 5.99. The van der Waals surface area contributed by atoms with Gasteiger partial charge in [0, 0.05) is 12.8 Å². The van der Waals surface area contributed by atoms with E-state index in [0.29, 0.717) is 17.4 Å². The third-order valence-corrected chi connectivity index (χ3v) is 4.90. The van der Waals surface area contributed by atoms with Crippen LogP contribution in [0.3, 0.4) is 0 Å². The topological polar surface area (TPSA) is 27.1 Å². The maximum absolute atomic E-state index is 5.99. The van der Waals surface area contributed by atoms with Gasteiger partial charge in [-0.2, -0.15) is 5.10 Å². The van der Waals surface area contributed by atoms with E-state index >= 15 is 0 Å². The van der Waals surface area contributed by atoms with Crippen LogP contribution in [0.15, 0.2) is 28.6 Å². The summed E-state index contributed by atoms with van der Waals surface area (Å²) in [5.41, 5.74) is 0. The average molecular weight is 319 g/mol. The van der Waals surface area contributed by atoms with Crippen LogP contribution in [0.25, 0.3) is 0 Å². The molecule has 0 radical (unpaired) electrons. The van der Waals surface area contributed by atoms with E-state index in [-0.39, 0.29) is 0 Å². The number of nitrogens with zero attached hydrogens (tertiary/aromatic N) is 2. The third-order valence-electron chi connectivity index (χ3n) is 2.07. The molecule has 18 heavy (non-hydrogen) atoms. The van der Waals surface area contributed by atoms with Crippen LogP contribution in [0.4, 0.5) is 0 Å². The second-order valence-corrected chi connectivity index (χ2v) is 6.76. The Morgan fingerprint density at radius 2 is 2.28 bits per heavy atom. The average Bonchev–Trinajstić information content (AvgIpc) is 2.66. The number of aromatic nitrogens is 2. The van der Waals surface area contributed by atoms with Crippen molar-refractivity contribution in [3.63, 3.8) is 0 Å². The van der Waals surface area contributed by atoms with Crippen molar-refractivity contribution in [1.82, 2.24) is 9.78 Å². The number of rotatable bonds is 5. The van der Waals surface area contributed by atoms with Crippen molar-refractivity contribution in [1.29, 1.82) is 0 Å². The molecule has 1 aromatic carbocycles. The SMILES string of the molecule is Cn1nc(SCCOc2ccccc2Cl)sc1=S. The van der Waals surface area contributed by atoms with Crippen LogP contribution in [-0.4, -0.2) is 22.1 Å². The van der Waals surface area contributed by atoms with Crippen LogP contribution in [0.5, 0.6) is 5.75 Å². The molecule has 2 aromatic rings. The number of thioether (sulfide) groups is 1. The molecule has 7 heteroatoms. The van der Waals surface area contributed by atoms with Crippen molar-refractivity contribution < 1.29 is 4.74 Å². The second kappa shape index (κ2) is 6.56. The maximum Gasteiger partial charge on any atom is 0.179 e. The molecule has 3 nitrogen and oxygen atoms in total. The molecule has 0 unspecified atom stereocenters. The highest BCUT2D eigenvalue weighted by Gasteiger charge is 2.03. The lowest BCUT2D eigenvalue weighted by Gasteiger charge is -2.06. The molecule has 0 saturated heterocycles. The van der Waals surface area contributed by atoms with E-state index in [9.17, 15) is 0 Å². The summed E-state index contributed by atoms with van der Waals surface area (Å²) in [5, 5.41) is 4.92. The van der Waals surface area contributed by atoms with E-state index in [1.807, 2.05) is 31.3 Å². The molecule has 96 valence electrons. The first-order chi connectivity index (χ1) is 8.66. The fourth-order valence-corrected chi connectivity index (χ4v) is 3.58. The molecular formula is C11H11ClN2OS3. The van der Waals surface area contributed by atoms with E-state index in [1.165, 1.54) is 11.3 Å². The number of hydrogen-bond acceptors (Lipinski definition) is 5. The zero-order valence-corrected chi connectivity index (χ0v) is 12.8. The first-order valence-corrected chi connectivity index (χ1v) is 7.80. The van der Waals surface area contributed by atoms with Gasteiger partial charge in [0.05, 0.1) is 11.6 Å². The lowest BCUT2D eigenvalue weighted by molar-refractivity contribution is 0.344. The van der Waals surface area contributed by atoms with Gasteiger partial charge in [0.25, 0.3) is 0 Å². The molecule has 0 amide bonds. The van der Waals surface area contributed by atoms with Crippen molar-refractivity contribution in [2.24, 2.45) is 7.05 Å². The van der Waals surface area contributed by atoms with Gasteiger partial charge in [-0.15, -0.1) is 0 Å². The molecule has 0 N–H and O–H groups in total. The van der Waals surface area contributed by atoms with Crippen molar-refractivity contribution in [2.45, 2.75) is 4.34 Å². The van der Waals surface area contributed by atoms with Gasteiger partial charge >= 0.3 is 0 Å². The highest BCUT2D eigenvalue weighted by Crippen LogP contribution is 2.24. The molecule has 2 rings (SSSR count). The minimum Gasteiger partial charge on any atom is -0.491 e. The second-order valence-electron chi connectivity index (χ2n) is 3.38. The summed E-state index contributed by atoms with van der Waals surface area (Å²) in [5.74, 6) is 1.53. The highest BCUT2D eigenvalue weighted by atomic mass is 35.5. The normalized spacial score (nSPS) is 10.6. The first kappa shape index (κ1) is 13.9.